The average Bonchev–Trinajstić information content (AvgIpc) is 3.95. The number of aromatic nitrogens is 1. The van der Waals surface area contributed by atoms with Gasteiger partial charge in [0, 0.05) is 44.0 Å². The number of nitrogens with zero attached hydrogens (tertiary/aromatic N) is 2. The summed E-state index contributed by atoms with van der Waals surface area (Å²) in [5.74, 6) is 0. The van der Waals surface area contributed by atoms with Gasteiger partial charge in [-0.3, -0.25) is 0 Å². The van der Waals surface area contributed by atoms with Crippen LogP contribution in [0.2, 0.25) is 0 Å². The molecule has 0 bridgehead atoms. The van der Waals surface area contributed by atoms with E-state index in [9.17, 15) is 0 Å². The molecule has 0 atom stereocenters. The summed E-state index contributed by atoms with van der Waals surface area (Å²) >= 11 is 0. The quantitative estimate of drug-likeness (QED) is 0.149. The van der Waals surface area contributed by atoms with Crippen molar-refractivity contribution in [2.24, 2.45) is 0 Å². The molecule has 0 spiro atoms. The second-order valence-corrected chi connectivity index (χ2v) is 18.1. The molecule has 0 amide bonds. The fourth-order valence-electron chi connectivity index (χ4n) is 10.9. The van der Waals surface area contributed by atoms with Crippen molar-refractivity contribution in [3.05, 3.63) is 255 Å². The molecule has 14 aromatic rings. The summed E-state index contributed by atoms with van der Waals surface area (Å²) < 4.78 is 8.88. The summed E-state index contributed by atoms with van der Waals surface area (Å²) in [5.41, 5.74) is 15.5. The SMILES string of the molecule is c1ccc(N(c2ccc(-c3ccc4c(ccc5ccccc54)c3)cc2)c2ccc(-c3ccccc3-n3c4ccccc4c4ccccc43)cc2)c(-c2ccc3oc4cc5ccccc5cc4c3c2)c1. The summed E-state index contributed by atoms with van der Waals surface area (Å²) in [7, 11) is 0. The van der Waals surface area contributed by atoms with Gasteiger partial charge in [0.25, 0.3) is 0 Å². The van der Waals surface area contributed by atoms with Gasteiger partial charge >= 0.3 is 0 Å². The Bertz CT molecular complexity index is 4260. The first-order valence-corrected chi connectivity index (χ1v) is 23.6. The molecule has 0 unspecified atom stereocenters. The van der Waals surface area contributed by atoms with E-state index in [-0.39, 0.29) is 0 Å². The summed E-state index contributed by atoms with van der Waals surface area (Å²) in [4.78, 5) is 2.40. The van der Waals surface area contributed by atoms with Crippen molar-refractivity contribution < 1.29 is 4.42 Å². The van der Waals surface area contributed by atoms with Crippen molar-refractivity contribution in [1.29, 1.82) is 0 Å². The first kappa shape index (κ1) is 39.0. The molecule has 0 aliphatic rings. The Morgan fingerprint density at radius 1 is 0.290 bits per heavy atom. The fraction of sp³-hybridized carbons (Fsp3) is 0. The Morgan fingerprint density at radius 2 is 0.826 bits per heavy atom. The predicted molar refractivity (Wildman–Crippen MR) is 292 cm³/mol. The van der Waals surface area contributed by atoms with Crippen molar-refractivity contribution >= 4 is 93.1 Å². The van der Waals surface area contributed by atoms with Crippen LogP contribution >= 0.6 is 0 Å². The Balaban J connectivity index is 0.902. The second-order valence-electron chi connectivity index (χ2n) is 18.1. The van der Waals surface area contributed by atoms with Crippen LogP contribution in [-0.4, -0.2) is 4.57 Å². The highest BCUT2D eigenvalue weighted by Crippen LogP contribution is 2.44. The topological polar surface area (TPSA) is 21.3 Å². The van der Waals surface area contributed by atoms with Gasteiger partial charge in [0.05, 0.1) is 22.4 Å². The molecular formula is C66H42N2O. The van der Waals surface area contributed by atoms with Crippen LogP contribution < -0.4 is 4.90 Å². The molecule has 0 radical (unpaired) electrons. The maximum atomic E-state index is 6.47. The molecule has 12 aromatic carbocycles. The minimum atomic E-state index is 0.882. The van der Waals surface area contributed by atoms with Crippen molar-refractivity contribution in [3.8, 4) is 39.1 Å². The molecule has 0 aliphatic carbocycles. The number of furan rings is 1. The van der Waals surface area contributed by atoms with E-state index in [2.05, 4.69) is 264 Å². The summed E-state index contributed by atoms with van der Waals surface area (Å²) in [6, 6.07) is 92.6. The molecule has 69 heavy (non-hydrogen) atoms. The number of benzene rings is 12. The zero-order valence-electron chi connectivity index (χ0n) is 37.6. The monoisotopic (exact) mass is 878 g/mol. The van der Waals surface area contributed by atoms with Gasteiger partial charge in [0.2, 0.25) is 0 Å². The van der Waals surface area contributed by atoms with Crippen LogP contribution in [-0.2, 0) is 0 Å². The molecule has 3 nitrogen and oxygen atoms in total. The smallest absolute Gasteiger partial charge is 0.136 e. The average molecular weight is 879 g/mol. The third-order valence-corrected chi connectivity index (χ3v) is 14.2. The molecule has 0 saturated carbocycles. The van der Waals surface area contributed by atoms with E-state index >= 15 is 0 Å². The fourth-order valence-corrected chi connectivity index (χ4v) is 10.9. The van der Waals surface area contributed by atoms with Gasteiger partial charge < -0.3 is 13.9 Å². The van der Waals surface area contributed by atoms with Crippen molar-refractivity contribution in [3.63, 3.8) is 0 Å². The molecule has 322 valence electrons. The zero-order chi connectivity index (χ0) is 45.4. The summed E-state index contributed by atoms with van der Waals surface area (Å²) in [6.07, 6.45) is 0. The number of anilines is 3. The number of rotatable bonds is 7. The maximum Gasteiger partial charge on any atom is 0.136 e. The van der Waals surface area contributed by atoms with Crippen LogP contribution in [0, 0.1) is 0 Å². The zero-order valence-corrected chi connectivity index (χ0v) is 37.6. The Morgan fingerprint density at radius 3 is 1.58 bits per heavy atom. The number of hydrogen-bond acceptors (Lipinski definition) is 2. The molecule has 14 rings (SSSR count). The first-order valence-electron chi connectivity index (χ1n) is 23.6. The van der Waals surface area contributed by atoms with Crippen LogP contribution in [0.3, 0.4) is 0 Å². The lowest BCUT2D eigenvalue weighted by atomic mass is 9.97. The number of hydrogen-bond donors (Lipinski definition) is 0. The molecule has 2 aromatic heterocycles. The van der Waals surface area contributed by atoms with Crippen LogP contribution in [0.1, 0.15) is 0 Å². The Labute approximate surface area is 399 Å². The van der Waals surface area contributed by atoms with Crippen LogP contribution in [0.15, 0.2) is 259 Å². The van der Waals surface area contributed by atoms with E-state index in [0.29, 0.717) is 0 Å². The lowest BCUT2D eigenvalue weighted by Crippen LogP contribution is -2.11. The minimum absolute atomic E-state index is 0.882. The summed E-state index contributed by atoms with van der Waals surface area (Å²) in [6.45, 7) is 0. The molecule has 0 aliphatic heterocycles. The molecular weight excluding hydrogens is 837 g/mol. The second kappa shape index (κ2) is 15.7. The first-order chi connectivity index (χ1) is 34.2. The van der Waals surface area contributed by atoms with Crippen LogP contribution in [0.25, 0.3) is 115 Å². The molecule has 0 saturated heterocycles. The van der Waals surface area contributed by atoms with Gasteiger partial charge in [-0.1, -0.05) is 176 Å². The highest BCUT2D eigenvalue weighted by molar-refractivity contribution is 6.12. The van der Waals surface area contributed by atoms with E-state index in [1.165, 1.54) is 70.8 Å². The summed E-state index contributed by atoms with van der Waals surface area (Å²) in [5, 5.41) is 12.1. The lowest BCUT2D eigenvalue weighted by Gasteiger charge is -2.28. The normalized spacial score (nSPS) is 11.8. The van der Waals surface area contributed by atoms with Gasteiger partial charge in [0.15, 0.2) is 0 Å². The van der Waals surface area contributed by atoms with Crippen molar-refractivity contribution in [2.75, 3.05) is 4.90 Å². The third kappa shape index (κ3) is 6.43. The number of para-hydroxylation sites is 4. The van der Waals surface area contributed by atoms with Crippen LogP contribution in [0.4, 0.5) is 17.1 Å². The molecule has 0 N–H and O–H groups in total. The van der Waals surface area contributed by atoms with Gasteiger partial charge in [-0.2, -0.15) is 0 Å². The van der Waals surface area contributed by atoms with Gasteiger partial charge in [-0.25, -0.2) is 0 Å². The van der Waals surface area contributed by atoms with E-state index in [1.54, 1.807) is 0 Å². The van der Waals surface area contributed by atoms with E-state index in [4.69, 9.17) is 4.42 Å². The lowest BCUT2D eigenvalue weighted by molar-refractivity contribution is 0.669. The Hall–Kier alpha value is -9.18. The molecule has 2 heterocycles. The minimum Gasteiger partial charge on any atom is -0.456 e. The third-order valence-electron chi connectivity index (χ3n) is 14.2. The van der Waals surface area contributed by atoms with E-state index < -0.39 is 0 Å². The predicted octanol–water partition coefficient (Wildman–Crippen LogP) is 18.6. The van der Waals surface area contributed by atoms with Crippen molar-refractivity contribution in [1.82, 2.24) is 4.57 Å². The Kier molecular flexibility index (Phi) is 8.90. The van der Waals surface area contributed by atoms with Gasteiger partial charge in [-0.15, -0.1) is 0 Å². The van der Waals surface area contributed by atoms with Crippen LogP contribution in [0.5, 0.6) is 0 Å². The molecule has 0 fully saturated rings. The number of fused-ring (bicyclic) bond motifs is 10. The van der Waals surface area contributed by atoms with Gasteiger partial charge in [0.1, 0.15) is 11.2 Å². The molecule has 3 heteroatoms. The van der Waals surface area contributed by atoms with Gasteiger partial charge in [-0.05, 0) is 133 Å². The van der Waals surface area contributed by atoms with Crippen molar-refractivity contribution in [2.45, 2.75) is 0 Å². The standard InChI is InChI=1S/C66H42N2O/c1-2-15-47-42-66-60(40-46(47)14-1)59-41-50(32-38-65(59)69-66)56-18-6-9-21-61(56)67(51-33-27-43(28-34-51)48-31-37-54-49(39-48)26-25-44-13-3-4-16-53(44)54)52-35-29-45(30-36-52)55-17-5-10-22-62(55)68-63-23-11-7-19-57(63)58-20-8-12-24-64(58)68/h1-42H. The maximum absolute atomic E-state index is 6.47. The van der Waals surface area contributed by atoms with E-state index in [1.807, 2.05) is 0 Å². The highest BCUT2D eigenvalue weighted by atomic mass is 16.3. The highest BCUT2D eigenvalue weighted by Gasteiger charge is 2.20. The largest absolute Gasteiger partial charge is 0.456 e. The van der Waals surface area contributed by atoms with E-state index in [0.717, 1.165) is 61.4 Å².